The maximum Gasteiger partial charge on any atom is 0.631 e. The van der Waals surface area contributed by atoms with Gasteiger partial charge in [0.15, 0.2) is 0 Å². The number of aryl methyl sites for hydroxylation is 1. The fourth-order valence-corrected chi connectivity index (χ4v) is 1.22. The molecule has 4 heteroatoms. The molecule has 0 heterocycles. The fraction of sp³-hybridized carbons (Fsp3) is 0.455. The molecule has 0 aliphatic heterocycles. The average Bonchev–Trinajstić information content (AvgIpc) is 2.19. The van der Waals surface area contributed by atoms with Crippen LogP contribution in [0.3, 0.4) is 0 Å². The quantitative estimate of drug-likeness (QED) is 0.519. The average molecular weight is 210 g/mol. The number of benzene rings is 1. The van der Waals surface area contributed by atoms with Crippen LogP contribution in [0.2, 0.25) is 0 Å². The lowest BCUT2D eigenvalue weighted by Gasteiger charge is -1.98. The molecule has 1 rings (SSSR count). The van der Waals surface area contributed by atoms with Crippen molar-refractivity contribution in [3.05, 3.63) is 35.9 Å². The molecule has 0 atom stereocenters. The van der Waals surface area contributed by atoms with Gasteiger partial charge in [-0.05, 0) is 18.4 Å². The molecular weight excluding hydrogens is 191 g/mol. The van der Waals surface area contributed by atoms with Crippen LogP contribution in [0, 0.1) is 0 Å². The van der Waals surface area contributed by atoms with E-state index in [0.717, 1.165) is 0 Å². The number of unbranched alkanes of at least 4 members (excludes halogenated alkanes) is 2. The van der Waals surface area contributed by atoms with Crippen molar-refractivity contribution in [1.29, 1.82) is 0 Å². The van der Waals surface area contributed by atoms with E-state index in [4.69, 9.17) is 15.1 Å². The molecule has 0 aliphatic carbocycles. The minimum atomic E-state index is -2.17. The largest absolute Gasteiger partial charge is 0.631 e. The molecule has 0 radical (unpaired) electrons. The summed E-state index contributed by atoms with van der Waals surface area (Å²) in [6.45, 7) is 2.24. The Morgan fingerprint density at radius 3 is 2.00 bits per heavy atom. The summed E-state index contributed by atoms with van der Waals surface area (Å²) < 4.78 is 0. The summed E-state index contributed by atoms with van der Waals surface area (Å²) in [6.07, 6.45) is 5.25. The summed E-state index contributed by atoms with van der Waals surface area (Å²) in [4.78, 5) is 0. The molecule has 0 amide bonds. The van der Waals surface area contributed by atoms with Gasteiger partial charge in [0, 0.05) is 0 Å². The minimum absolute atomic E-state index is 1.24. The molecule has 0 saturated carbocycles. The fourth-order valence-electron chi connectivity index (χ4n) is 1.22. The monoisotopic (exact) mass is 210 g/mol. The van der Waals surface area contributed by atoms with Crippen LogP contribution in [0.5, 0.6) is 0 Å². The van der Waals surface area contributed by atoms with Gasteiger partial charge in [-0.3, -0.25) is 0 Å². The maximum atomic E-state index is 7.17. The molecule has 0 saturated heterocycles. The molecule has 0 bridgehead atoms. The van der Waals surface area contributed by atoms with Gasteiger partial charge < -0.3 is 15.1 Å². The van der Waals surface area contributed by atoms with Gasteiger partial charge in [-0.15, -0.1) is 0 Å². The van der Waals surface area contributed by atoms with Crippen molar-refractivity contribution in [2.24, 2.45) is 0 Å². The van der Waals surface area contributed by atoms with E-state index >= 15 is 0 Å². The van der Waals surface area contributed by atoms with E-state index in [2.05, 4.69) is 37.3 Å². The van der Waals surface area contributed by atoms with Crippen molar-refractivity contribution >= 4 is 7.32 Å². The van der Waals surface area contributed by atoms with Crippen LogP contribution in [0.1, 0.15) is 31.7 Å². The van der Waals surface area contributed by atoms with Gasteiger partial charge in [-0.2, -0.15) is 0 Å². The van der Waals surface area contributed by atoms with Gasteiger partial charge >= 0.3 is 7.32 Å². The Hall–Kier alpha value is -0.835. The van der Waals surface area contributed by atoms with Crippen molar-refractivity contribution in [1.82, 2.24) is 0 Å². The topological polar surface area (TPSA) is 60.7 Å². The third-order valence-electron chi connectivity index (χ3n) is 1.91. The predicted molar refractivity (Wildman–Crippen MR) is 62.1 cm³/mol. The van der Waals surface area contributed by atoms with Crippen LogP contribution < -0.4 is 0 Å². The van der Waals surface area contributed by atoms with Crippen LogP contribution in [0.25, 0.3) is 0 Å². The predicted octanol–water partition coefficient (Wildman–Crippen LogP) is 1.37. The Kier molecular flexibility index (Phi) is 9.17. The Labute approximate surface area is 91.6 Å². The van der Waals surface area contributed by atoms with E-state index in [1.54, 1.807) is 0 Å². The molecule has 0 fully saturated rings. The smallest absolute Gasteiger partial charge is 0.402 e. The van der Waals surface area contributed by atoms with E-state index in [9.17, 15) is 0 Å². The molecule has 84 valence electrons. The molecule has 1 aromatic rings. The van der Waals surface area contributed by atoms with Crippen molar-refractivity contribution in [2.75, 3.05) is 0 Å². The molecule has 1 aromatic carbocycles. The Morgan fingerprint density at radius 2 is 1.53 bits per heavy atom. The van der Waals surface area contributed by atoms with Crippen molar-refractivity contribution in [3.8, 4) is 0 Å². The minimum Gasteiger partial charge on any atom is -0.402 e. The second-order valence-corrected chi connectivity index (χ2v) is 3.29. The highest BCUT2D eigenvalue weighted by Gasteiger charge is 1.92. The van der Waals surface area contributed by atoms with Gasteiger partial charge in [0.2, 0.25) is 0 Å². The van der Waals surface area contributed by atoms with Crippen molar-refractivity contribution < 1.29 is 15.1 Å². The van der Waals surface area contributed by atoms with Gasteiger partial charge in [0.1, 0.15) is 0 Å². The molecule has 0 aliphatic rings. The first-order valence-electron chi connectivity index (χ1n) is 5.25. The van der Waals surface area contributed by atoms with E-state index in [1.165, 1.54) is 31.2 Å². The summed E-state index contributed by atoms with van der Waals surface area (Å²) in [5.74, 6) is 0. The summed E-state index contributed by atoms with van der Waals surface area (Å²) in [5, 5.41) is 21.5. The number of rotatable bonds is 4. The second-order valence-electron chi connectivity index (χ2n) is 3.29. The molecule has 0 unspecified atom stereocenters. The Bertz CT molecular complexity index is 224. The maximum absolute atomic E-state index is 7.17. The van der Waals surface area contributed by atoms with Crippen molar-refractivity contribution in [3.63, 3.8) is 0 Å². The second kappa shape index (κ2) is 9.71. The first kappa shape index (κ1) is 14.2. The van der Waals surface area contributed by atoms with Crippen LogP contribution in [-0.2, 0) is 6.42 Å². The summed E-state index contributed by atoms with van der Waals surface area (Å²) in [7, 11) is -2.17. The zero-order valence-corrected chi connectivity index (χ0v) is 9.13. The van der Waals surface area contributed by atoms with E-state index in [0.29, 0.717) is 0 Å². The lowest BCUT2D eigenvalue weighted by Crippen LogP contribution is -2.07. The lowest BCUT2D eigenvalue weighted by atomic mass is 10.1. The summed E-state index contributed by atoms with van der Waals surface area (Å²) in [5.41, 5.74) is 1.47. The van der Waals surface area contributed by atoms with E-state index in [-0.39, 0.29) is 0 Å². The zero-order chi connectivity index (χ0) is 11.5. The standard InChI is InChI=1S/C11H16.BH3O3/c1-2-3-5-8-11-9-6-4-7-10-11;2-1(3)4/h4,6-7,9-10H,2-3,5,8H2,1H3;2-4H. The first-order chi connectivity index (χ1) is 7.16. The SMILES string of the molecule is CCCCCc1ccccc1.OB(O)O. The third-order valence-corrected chi connectivity index (χ3v) is 1.91. The van der Waals surface area contributed by atoms with Gasteiger partial charge in [0.05, 0.1) is 0 Å². The Balaban J connectivity index is 0.000000423. The number of hydrogen-bond acceptors (Lipinski definition) is 3. The van der Waals surface area contributed by atoms with Gasteiger partial charge in [-0.1, -0.05) is 50.1 Å². The normalized spacial score (nSPS) is 9.07. The highest BCUT2D eigenvalue weighted by atomic mass is 16.5. The van der Waals surface area contributed by atoms with Crippen molar-refractivity contribution in [2.45, 2.75) is 32.6 Å². The summed E-state index contributed by atoms with van der Waals surface area (Å²) >= 11 is 0. The van der Waals surface area contributed by atoms with Gasteiger partial charge in [-0.25, -0.2) is 0 Å². The van der Waals surface area contributed by atoms with Crippen LogP contribution >= 0.6 is 0 Å². The molecule has 15 heavy (non-hydrogen) atoms. The van der Waals surface area contributed by atoms with Gasteiger partial charge in [0.25, 0.3) is 0 Å². The zero-order valence-electron chi connectivity index (χ0n) is 9.13. The summed E-state index contributed by atoms with van der Waals surface area (Å²) in [6, 6.07) is 10.7. The molecule has 3 N–H and O–H groups in total. The van der Waals surface area contributed by atoms with E-state index < -0.39 is 7.32 Å². The van der Waals surface area contributed by atoms with E-state index in [1.807, 2.05) is 0 Å². The lowest BCUT2D eigenvalue weighted by molar-refractivity contribution is 0.278. The highest BCUT2D eigenvalue weighted by molar-refractivity contribution is 6.30. The van der Waals surface area contributed by atoms with Crippen LogP contribution in [0.4, 0.5) is 0 Å². The third kappa shape index (κ3) is 11.1. The number of hydrogen-bond donors (Lipinski definition) is 3. The van der Waals surface area contributed by atoms with Crippen LogP contribution in [0.15, 0.2) is 30.3 Å². The Morgan fingerprint density at radius 1 is 1.00 bits per heavy atom. The molecule has 0 aromatic heterocycles. The highest BCUT2D eigenvalue weighted by Crippen LogP contribution is 2.05. The van der Waals surface area contributed by atoms with Crippen LogP contribution in [-0.4, -0.2) is 22.4 Å². The first-order valence-corrected chi connectivity index (χ1v) is 5.25. The molecular formula is C11H19BO3. The molecule has 3 nitrogen and oxygen atoms in total. The molecule has 0 spiro atoms.